The molecule has 2 amide bonds. The summed E-state index contributed by atoms with van der Waals surface area (Å²) in [7, 11) is -2.68. The Labute approximate surface area is 262 Å². The Morgan fingerprint density at radius 2 is 1.58 bits per heavy atom. The van der Waals surface area contributed by atoms with Gasteiger partial charge in [0, 0.05) is 25.7 Å². The highest BCUT2D eigenvalue weighted by atomic mass is 32.2. The van der Waals surface area contributed by atoms with Crippen LogP contribution in [0.25, 0.3) is 0 Å². The maximum absolute atomic E-state index is 13.9. The molecule has 45 heavy (non-hydrogen) atoms. The average molecular weight is 636 g/mol. The SMILES string of the molecule is CC(=O)Oc1cc(N(Cc2ccc(C3CCCCC3)cc2)C(=O)CN(C)S(=O)(=O)c2ccc(C)cc2)ccc1NC(=O)C(=O)O. The lowest BCUT2D eigenvalue weighted by Crippen LogP contribution is -2.41. The number of carbonyl (C=O) groups excluding carboxylic acids is 3. The Morgan fingerprint density at radius 3 is 2.18 bits per heavy atom. The predicted octanol–water partition coefficient (Wildman–Crippen LogP) is 4.85. The van der Waals surface area contributed by atoms with E-state index in [1.807, 2.05) is 19.1 Å². The van der Waals surface area contributed by atoms with Crippen LogP contribution in [0.2, 0.25) is 0 Å². The van der Waals surface area contributed by atoms with Gasteiger partial charge in [0.15, 0.2) is 5.75 Å². The molecule has 0 radical (unpaired) electrons. The molecule has 0 bridgehead atoms. The second-order valence-electron chi connectivity index (χ2n) is 11.2. The van der Waals surface area contributed by atoms with Gasteiger partial charge in [0.25, 0.3) is 0 Å². The largest absolute Gasteiger partial charge is 0.474 e. The van der Waals surface area contributed by atoms with Gasteiger partial charge >= 0.3 is 17.8 Å². The van der Waals surface area contributed by atoms with Gasteiger partial charge in [-0.1, -0.05) is 61.2 Å². The minimum Gasteiger partial charge on any atom is -0.474 e. The molecule has 0 aromatic heterocycles. The van der Waals surface area contributed by atoms with Crippen molar-refractivity contribution in [1.82, 2.24) is 4.31 Å². The summed E-state index contributed by atoms with van der Waals surface area (Å²) in [6, 6.07) is 18.4. The minimum absolute atomic E-state index is 0.0453. The molecule has 0 atom stereocenters. The number of anilines is 2. The molecule has 11 nitrogen and oxygen atoms in total. The number of hydrogen-bond acceptors (Lipinski definition) is 7. The van der Waals surface area contributed by atoms with Crippen molar-refractivity contribution in [2.75, 3.05) is 23.8 Å². The number of benzene rings is 3. The average Bonchev–Trinajstić information content (AvgIpc) is 3.01. The summed E-state index contributed by atoms with van der Waals surface area (Å²) >= 11 is 0. The van der Waals surface area contributed by atoms with E-state index < -0.39 is 40.3 Å². The number of carbonyl (C=O) groups is 4. The highest BCUT2D eigenvalue weighted by molar-refractivity contribution is 7.89. The molecule has 1 saturated carbocycles. The fourth-order valence-corrected chi connectivity index (χ4v) is 6.41. The highest BCUT2D eigenvalue weighted by Gasteiger charge is 2.27. The van der Waals surface area contributed by atoms with Gasteiger partial charge in [-0.05, 0) is 61.1 Å². The number of nitrogens with one attached hydrogen (secondary N) is 1. The number of carboxylic acids is 1. The summed E-state index contributed by atoms with van der Waals surface area (Å²) in [4.78, 5) is 50.1. The van der Waals surface area contributed by atoms with Crippen molar-refractivity contribution in [3.8, 4) is 5.75 Å². The molecular formula is C33H37N3O8S. The first-order valence-electron chi connectivity index (χ1n) is 14.6. The van der Waals surface area contributed by atoms with Crippen molar-refractivity contribution in [3.63, 3.8) is 0 Å². The molecule has 0 saturated heterocycles. The van der Waals surface area contributed by atoms with Crippen molar-refractivity contribution in [2.45, 2.75) is 63.3 Å². The third-order valence-corrected chi connectivity index (χ3v) is 9.58. The molecular weight excluding hydrogens is 598 g/mol. The quantitative estimate of drug-likeness (QED) is 0.182. The van der Waals surface area contributed by atoms with Gasteiger partial charge in [0.1, 0.15) is 0 Å². The zero-order valence-corrected chi connectivity index (χ0v) is 26.3. The van der Waals surface area contributed by atoms with Gasteiger partial charge in [-0.25, -0.2) is 13.2 Å². The lowest BCUT2D eigenvalue weighted by molar-refractivity contribution is -0.147. The normalized spacial score (nSPS) is 13.7. The van der Waals surface area contributed by atoms with Gasteiger partial charge in [0.2, 0.25) is 15.9 Å². The van der Waals surface area contributed by atoms with Crippen LogP contribution >= 0.6 is 0 Å². The summed E-state index contributed by atoms with van der Waals surface area (Å²) in [6.07, 6.45) is 5.90. The topological polar surface area (TPSA) is 150 Å². The third kappa shape index (κ3) is 8.55. The van der Waals surface area contributed by atoms with E-state index in [0.717, 1.165) is 35.2 Å². The molecule has 0 unspecified atom stereocenters. The Morgan fingerprint density at radius 1 is 0.933 bits per heavy atom. The van der Waals surface area contributed by atoms with Gasteiger partial charge in [-0.3, -0.25) is 14.4 Å². The maximum atomic E-state index is 13.9. The molecule has 1 aliphatic carbocycles. The van der Waals surface area contributed by atoms with E-state index in [0.29, 0.717) is 5.92 Å². The van der Waals surface area contributed by atoms with Gasteiger partial charge < -0.3 is 20.1 Å². The summed E-state index contributed by atoms with van der Waals surface area (Å²) < 4.78 is 32.8. The number of sulfonamides is 1. The third-order valence-electron chi connectivity index (χ3n) is 7.76. The zero-order valence-electron chi connectivity index (χ0n) is 25.5. The molecule has 3 aromatic carbocycles. The molecule has 1 fully saturated rings. The van der Waals surface area contributed by atoms with Crippen LogP contribution in [0.1, 0.15) is 61.6 Å². The van der Waals surface area contributed by atoms with Crippen molar-refractivity contribution >= 4 is 45.2 Å². The lowest BCUT2D eigenvalue weighted by atomic mass is 9.84. The summed E-state index contributed by atoms with van der Waals surface area (Å²) in [5.74, 6) is -4.07. The maximum Gasteiger partial charge on any atom is 0.394 e. The molecule has 2 N–H and O–H groups in total. The van der Waals surface area contributed by atoms with E-state index in [2.05, 4.69) is 17.4 Å². The zero-order chi connectivity index (χ0) is 32.7. The van der Waals surface area contributed by atoms with Crippen molar-refractivity contribution < 1.29 is 37.4 Å². The first-order valence-corrected chi connectivity index (χ1v) is 16.1. The number of nitrogens with zero attached hydrogens (tertiary/aromatic N) is 2. The second-order valence-corrected chi connectivity index (χ2v) is 13.2. The molecule has 12 heteroatoms. The first kappa shape index (κ1) is 33.3. The van der Waals surface area contributed by atoms with Crippen molar-refractivity contribution in [3.05, 3.63) is 83.4 Å². The van der Waals surface area contributed by atoms with Gasteiger partial charge in [0.05, 0.1) is 23.7 Å². The molecule has 238 valence electrons. The fourth-order valence-electron chi connectivity index (χ4n) is 5.29. The van der Waals surface area contributed by atoms with Crippen LogP contribution in [-0.4, -0.2) is 55.2 Å². The van der Waals surface area contributed by atoms with E-state index in [1.54, 1.807) is 12.1 Å². The van der Waals surface area contributed by atoms with Crippen LogP contribution in [0.5, 0.6) is 5.75 Å². The monoisotopic (exact) mass is 635 g/mol. The Bertz CT molecular complexity index is 1660. The molecule has 0 spiro atoms. The fraction of sp³-hybridized carbons (Fsp3) is 0.333. The number of amides is 2. The summed E-state index contributed by atoms with van der Waals surface area (Å²) in [5, 5.41) is 11.2. The van der Waals surface area contributed by atoms with E-state index >= 15 is 0 Å². The molecule has 0 heterocycles. The van der Waals surface area contributed by atoms with E-state index in [4.69, 9.17) is 9.84 Å². The van der Waals surface area contributed by atoms with Crippen LogP contribution in [0.4, 0.5) is 11.4 Å². The number of rotatable bonds is 10. The molecule has 1 aliphatic rings. The highest BCUT2D eigenvalue weighted by Crippen LogP contribution is 2.34. The number of likely N-dealkylation sites (N-methyl/N-ethyl adjacent to an activating group) is 1. The van der Waals surface area contributed by atoms with Gasteiger partial charge in [-0.15, -0.1) is 0 Å². The van der Waals surface area contributed by atoms with Crippen LogP contribution in [0.3, 0.4) is 0 Å². The molecule has 0 aliphatic heterocycles. The lowest BCUT2D eigenvalue weighted by Gasteiger charge is -2.27. The minimum atomic E-state index is -4.00. The van der Waals surface area contributed by atoms with Crippen molar-refractivity contribution in [1.29, 1.82) is 0 Å². The molecule has 4 rings (SSSR count). The first-order chi connectivity index (χ1) is 21.3. The number of esters is 1. The standard InChI is InChI=1S/C33H37N3O8S/c1-22-9-16-28(17-10-22)45(42,43)35(3)21-31(38)36(20-24-11-13-26(14-12-24)25-7-5-4-6-8-25)27-15-18-29(34-32(39)33(40)41)30(19-27)44-23(2)37/h9-19,25H,4-8,20-21H2,1-3H3,(H,34,39)(H,40,41). The predicted molar refractivity (Wildman–Crippen MR) is 168 cm³/mol. The van der Waals surface area contributed by atoms with Gasteiger partial charge in [-0.2, -0.15) is 4.31 Å². The Kier molecular flexibility index (Phi) is 10.7. The summed E-state index contributed by atoms with van der Waals surface area (Å²) in [6.45, 7) is 2.53. The number of ether oxygens (including phenoxy) is 1. The number of carboxylic acid groups (broad SMARTS) is 1. The second kappa shape index (κ2) is 14.5. The Balaban J connectivity index is 1.67. The van der Waals surface area contributed by atoms with Crippen molar-refractivity contribution in [2.24, 2.45) is 0 Å². The van der Waals surface area contributed by atoms with Crippen LogP contribution in [0, 0.1) is 6.92 Å². The van der Waals surface area contributed by atoms with E-state index in [1.165, 1.54) is 67.1 Å². The van der Waals surface area contributed by atoms with Crippen LogP contribution in [0.15, 0.2) is 71.6 Å². The number of aryl methyl sites for hydroxylation is 1. The van der Waals surface area contributed by atoms with Crippen LogP contribution in [-0.2, 0) is 35.7 Å². The van der Waals surface area contributed by atoms with E-state index in [-0.39, 0.29) is 28.6 Å². The number of hydrogen-bond donors (Lipinski definition) is 2. The smallest absolute Gasteiger partial charge is 0.394 e. The number of aliphatic carboxylic acids is 1. The molecule has 3 aromatic rings. The van der Waals surface area contributed by atoms with E-state index in [9.17, 15) is 27.6 Å². The summed E-state index contributed by atoms with van der Waals surface area (Å²) in [5.41, 5.74) is 3.05. The van der Waals surface area contributed by atoms with Crippen LogP contribution < -0.4 is 15.0 Å². The Hall–Kier alpha value is -4.55.